The van der Waals surface area contributed by atoms with Crippen molar-refractivity contribution in [1.29, 1.82) is 0 Å². The monoisotopic (exact) mass is 420 g/mol. The highest BCUT2D eigenvalue weighted by molar-refractivity contribution is 5.96. The SMILES string of the molecule is COc1ccc(-c2noc(N3CCCC(C(=O)Nc4ccc(C(C)=O)cc4)C3)n2)cc1. The fourth-order valence-corrected chi connectivity index (χ4v) is 3.60. The Balaban J connectivity index is 1.40. The van der Waals surface area contributed by atoms with Gasteiger partial charge in [0.15, 0.2) is 5.78 Å². The van der Waals surface area contributed by atoms with E-state index in [0.717, 1.165) is 30.7 Å². The quantitative estimate of drug-likeness (QED) is 0.606. The lowest BCUT2D eigenvalue weighted by Crippen LogP contribution is -2.41. The number of methoxy groups -OCH3 is 1. The second-order valence-corrected chi connectivity index (χ2v) is 7.54. The van der Waals surface area contributed by atoms with Crippen molar-refractivity contribution >= 4 is 23.4 Å². The Hall–Kier alpha value is -3.68. The van der Waals surface area contributed by atoms with Gasteiger partial charge in [-0.15, -0.1) is 0 Å². The summed E-state index contributed by atoms with van der Waals surface area (Å²) in [6.45, 7) is 2.77. The van der Waals surface area contributed by atoms with Crippen LogP contribution < -0.4 is 15.0 Å². The average Bonchev–Trinajstić information content (AvgIpc) is 3.30. The molecule has 1 atom stereocenters. The van der Waals surface area contributed by atoms with Crippen LogP contribution in [0.4, 0.5) is 11.7 Å². The third-order valence-electron chi connectivity index (χ3n) is 5.39. The van der Waals surface area contributed by atoms with Gasteiger partial charge in [-0.3, -0.25) is 9.59 Å². The number of nitrogens with zero attached hydrogens (tertiary/aromatic N) is 3. The van der Waals surface area contributed by atoms with E-state index in [9.17, 15) is 9.59 Å². The molecule has 1 N–H and O–H groups in total. The molecule has 1 aliphatic heterocycles. The zero-order valence-corrected chi connectivity index (χ0v) is 17.5. The Bertz CT molecular complexity index is 1060. The predicted molar refractivity (Wildman–Crippen MR) is 116 cm³/mol. The van der Waals surface area contributed by atoms with Gasteiger partial charge in [0.2, 0.25) is 11.7 Å². The number of hydrogen-bond donors (Lipinski definition) is 1. The molecule has 1 fully saturated rings. The maximum absolute atomic E-state index is 12.8. The van der Waals surface area contributed by atoms with E-state index in [0.29, 0.717) is 29.6 Å². The van der Waals surface area contributed by atoms with Gasteiger partial charge in [-0.05, 0) is 68.3 Å². The minimum atomic E-state index is -0.197. The molecule has 4 rings (SSSR count). The molecule has 1 unspecified atom stereocenters. The highest BCUT2D eigenvalue weighted by Gasteiger charge is 2.28. The van der Waals surface area contributed by atoms with E-state index in [1.807, 2.05) is 29.2 Å². The van der Waals surface area contributed by atoms with E-state index in [2.05, 4.69) is 15.5 Å². The fraction of sp³-hybridized carbons (Fsp3) is 0.304. The van der Waals surface area contributed by atoms with Gasteiger partial charge < -0.3 is 19.5 Å². The third-order valence-corrected chi connectivity index (χ3v) is 5.39. The number of carbonyl (C=O) groups is 2. The van der Waals surface area contributed by atoms with Crippen LogP contribution >= 0.6 is 0 Å². The van der Waals surface area contributed by atoms with E-state index in [4.69, 9.17) is 9.26 Å². The third kappa shape index (κ3) is 4.74. The normalized spacial score (nSPS) is 16.1. The van der Waals surface area contributed by atoms with Crippen molar-refractivity contribution in [3.05, 3.63) is 54.1 Å². The first-order chi connectivity index (χ1) is 15.0. The molecular formula is C23H24N4O4. The van der Waals surface area contributed by atoms with Crippen molar-refractivity contribution in [2.45, 2.75) is 19.8 Å². The summed E-state index contributed by atoms with van der Waals surface area (Å²) in [7, 11) is 1.62. The highest BCUT2D eigenvalue weighted by Crippen LogP contribution is 2.26. The number of Topliss-reactive ketones (excluding diaryl/α,β-unsaturated/α-hetero) is 1. The number of carbonyl (C=O) groups excluding carboxylic acids is 2. The molecule has 0 aliphatic carbocycles. The Labute approximate surface area is 180 Å². The Morgan fingerprint density at radius 1 is 1.13 bits per heavy atom. The molecule has 1 saturated heterocycles. The molecule has 0 spiro atoms. The van der Waals surface area contributed by atoms with Crippen LogP contribution in [0.3, 0.4) is 0 Å². The van der Waals surface area contributed by atoms with Crippen LogP contribution in [0.5, 0.6) is 5.75 Å². The van der Waals surface area contributed by atoms with Gasteiger partial charge in [-0.1, -0.05) is 5.16 Å². The van der Waals surface area contributed by atoms with E-state index < -0.39 is 0 Å². The number of benzene rings is 2. The second kappa shape index (κ2) is 8.99. The summed E-state index contributed by atoms with van der Waals surface area (Å²) in [6.07, 6.45) is 1.63. The number of piperidine rings is 1. The minimum absolute atomic E-state index is 0.00522. The Morgan fingerprint density at radius 3 is 2.55 bits per heavy atom. The van der Waals surface area contributed by atoms with Crippen LogP contribution in [0.25, 0.3) is 11.4 Å². The summed E-state index contributed by atoms with van der Waals surface area (Å²) >= 11 is 0. The molecule has 0 saturated carbocycles. The molecule has 2 aromatic carbocycles. The summed E-state index contributed by atoms with van der Waals surface area (Å²) in [6, 6.07) is 14.8. The molecule has 8 nitrogen and oxygen atoms in total. The van der Waals surface area contributed by atoms with Crippen molar-refractivity contribution in [1.82, 2.24) is 10.1 Å². The maximum Gasteiger partial charge on any atom is 0.324 e. The smallest absolute Gasteiger partial charge is 0.324 e. The van der Waals surface area contributed by atoms with Gasteiger partial charge >= 0.3 is 6.01 Å². The van der Waals surface area contributed by atoms with Crippen molar-refractivity contribution in [3.8, 4) is 17.1 Å². The average molecular weight is 420 g/mol. The highest BCUT2D eigenvalue weighted by atomic mass is 16.5. The first-order valence-corrected chi connectivity index (χ1v) is 10.2. The number of amides is 1. The lowest BCUT2D eigenvalue weighted by atomic mass is 9.97. The standard InChI is InChI=1S/C23H24N4O4/c1-15(28)16-5-9-19(10-6-16)24-22(29)18-4-3-13-27(14-18)23-25-21(26-31-23)17-7-11-20(30-2)12-8-17/h5-12,18H,3-4,13-14H2,1-2H3,(H,24,29). The summed E-state index contributed by atoms with van der Waals surface area (Å²) in [5.74, 6) is 0.991. The zero-order chi connectivity index (χ0) is 21.8. The Morgan fingerprint density at radius 2 is 1.87 bits per heavy atom. The summed E-state index contributed by atoms with van der Waals surface area (Å²) in [5, 5.41) is 7.02. The molecule has 1 aliphatic rings. The topological polar surface area (TPSA) is 97.6 Å². The van der Waals surface area contributed by atoms with Crippen molar-refractivity contribution in [2.75, 3.05) is 30.4 Å². The van der Waals surface area contributed by atoms with E-state index in [1.165, 1.54) is 6.92 Å². The predicted octanol–water partition coefficient (Wildman–Crippen LogP) is 3.80. The molecule has 8 heteroatoms. The zero-order valence-electron chi connectivity index (χ0n) is 17.5. The Kier molecular flexibility index (Phi) is 5.97. The number of rotatable bonds is 6. The van der Waals surface area contributed by atoms with Gasteiger partial charge in [0, 0.05) is 29.9 Å². The fourth-order valence-electron chi connectivity index (χ4n) is 3.60. The molecular weight excluding hydrogens is 396 g/mol. The molecule has 160 valence electrons. The van der Waals surface area contributed by atoms with Crippen LogP contribution in [-0.2, 0) is 4.79 Å². The van der Waals surface area contributed by atoms with Gasteiger partial charge in [-0.25, -0.2) is 0 Å². The summed E-state index contributed by atoms with van der Waals surface area (Å²) < 4.78 is 10.6. The summed E-state index contributed by atoms with van der Waals surface area (Å²) in [5.41, 5.74) is 2.12. The first kappa shape index (κ1) is 20.6. The number of ether oxygens (including phenoxy) is 1. The van der Waals surface area contributed by atoms with E-state index >= 15 is 0 Å². The van der Waals surface area contributed by atoms with Gasteiger partial charge in [0.05, 0.1) is 13.0 Å². The van der Waals surface area contributed by atoms with Crippen molar-refractivity contribution in [2.24, 2.45) is 5.92 Å². The number of ketones is 1. The minimum Gasteiger partial charge on any atom is -0.497 e. The first-order valence-electron chi connectivity index (χ1n) is 10.2. The lowest BCUT2D eigenvalue weighted by molar-refractivity contribution is -0.120. The largest absolute Gasteiger partial charge is 0.497 e. The van der Waals surface area contributed by atoms with Crippen LogP contribution in [0.1, 0.15) is 30.1 Å². The molecule has 3 aromatic rings. The number of hydrogen-bond acceptors (Lipinski definition) is 7. The van der Waals surface area contributed by atoms with E-state index in [-0.39, 0.29) is 17.6 Å². The maximum atomic E-state index is 12.8. The van der Waals surface area contributed by atoms with Crippen molar-refractivity contribution < 1.29 is 18.8 Å². The second-order valence-electron chi connectivity index (χ2n) is 7.54. The number of aromatic nitrogens is 2. The molecule has 0 radical (unpaired) electrons. The number of anilines is 2. The summed E-state index contributed by atoms with van der Waals surface area (Å²) in [4.78, 5) is 30.6. The van der Waals surface area contributed by atoms with Gasteiger partial charge in [0.25, 0.3) is 0 Å². The molecule has 2 heterocycles. The molecule has 1 amide bonds. The van der Waals surface area contributed by atoms with Crippen LogP contribution in [0, 0.1) is 5.92 Å². The number of nitrogens with one attached hydrogen (secondary N) is 1. The van der Waals surface area contributed by atoms with Gasteiger partial charge in [0.1, 0.15) is 5.75 Å². The van der Waals surface area contributed by atoms with Crippen LogP contribution in [0.2, 0.25) is 0 Å². The van der Waals surface area contributed by atoms with Crippen LogP contribution in [0.15, 0.2) is 53.1 Å². The van der Waals surface area contributed by atoms with Crippen LogP contribution in [-0.4, -0.2) is 42.0 Å². The van der Waals surface area contributed by atoms with Crippen molar-refractivity contribution in [3.63, 3.8) is 0 Å². The van der Waals surface area contributed by atoms with E-state index in [1.54, 1.807) is 31.4 Å². The molecule has 1 aromatic heterocycles. The molecule has 31 heavy (non-hydrogen) atoms. The lowest BCUT2D eigenvalue weighted by Gasteiger charge is -2.30. The van der Waals surface area contributed by atoms with Gasteiger partial charge in [-0.2, -0.15) is 4.98 Å². The molecule has 0 bridgehead atoms.